The SMILES string of the molecule is CO[C@H](C1=C[C@H](C[C@H](C)S(N)(=O)=O)C1)[C@@H]1CC[C@H]1CN1C[C@@]2(CCCc3cc(Cl)ccc32)COc2ccc(C(=O)O)cc21. The number of rotatable bonds is 9. The summed E-state index contributed by atoms with van der Waals surface area (Å²) in [5.74, 6) is 0.650. The van der Waals surface area contributed by atoms with E-state index in [2.05, 4.69) is 23.1 Å². The Kier molecular flexibility index (Phi) is 8.30. The van der Waals surface area contributed by atoms with Crippen molar-refractivity contribution in [1.82, 2.24) is 0 Å². The van der Waals surface area contributed by atoms with E-state index in [9.17, 15) is 18.3 Å². The monoisotopic (exact) mass is 628 g/mol. The van der Waals surface area contributed by atoms with Crippen molar-refractivity contribution >= 4 is 33.3 Å². The van der Waals surface area contributed by atoms with Gasteiger partial charge in [0, 0.05) is 30.6 Å². The molecule has 0 saturated heterocycles. The van der Waals surface area contributed by atoms with Crippen LogP contribution in [0.5, 0.6) is 5.75 Å². The Labute approximate surface area is 259 Å². The van der Waals surface area contributed by atoms with Gasteiger partial charge in [0.05, 0.1) is 29.2 Å². The normalized spacial score (nSPS) is 27.9. The van der Waals surface area contributed by atoms with E-state index < -0.39 is 21.2 Å². The number of methoxy groups -OCH3 is 1. The maximum absolute atomic E-state index is 12.0. The van der Waals surface area contributed by atoms with E-state index in [4.69, 9.17) is 26.2 Å². The number of nitrogens with two attached hydrogens (primary N) is 1. The van der Waals surface area contributed by atoms with Crippen LogP contribution in [0.25, 0.3) is 0 Å². The zero-order chi connectivity index (χ0) is 30.5. The Morgan fingerprint density at radius 3 is 2.72 bits per heavy atom. The number of aromatic carboxylic acids is 1. The van der Waals surface area contributed by atoms with Crippen LogP contribution in [0.15, 0.2) is 48.0 Å². The van der Waals surface area contributed by atoms with E-state index in [0.29, 0.717) is 24.9 Å². The Balaban J connectivity index is 1.26. The van der Waals surface area contributed by atoms with Gasteiger partial charge in [0.2, 0.25) is 10.0 Å². The molecule has 1 fully saturated rings. The molecule has 1 spiro atoms. The van der Waals surface area contributed by atoms with Crippen molar-refractivity contribution in [3.8, 4) is 5.75 Å². The summed E-state index contributed by atoms with van der Waals surface area (Å²) in [6.07, 6.45) is 8.64. The second-order valence-electron chi connectivity index (χ2n) is 13.1. The predicted molar refractivity (Wildman–Crippen MR) is 168 cm³/mol. The molecule has 4 aliphatic rings. The fraction of sp³-hybridized carbons (Fsp3) is 0.545. The molecule has 0 amide bonds. The molecule has 0 radical (unpaired) electrons. The number of hydrogen-bond donors (Lipinski definition) is 2. The molecule has 2 aromatic rings. The number of hydrogen-bond acceptors (Lipinski definition) is 6. The summed E-state index contributed by atoms with van der Waals surface area (Å²) >= 11 is 6.39. The molecule has 8 nitrogen and oxygen atoms in total. The number of primary sulfonamides is 1. The van der Waals surface area contributed by atoms with E-state index in [1.165, 1.54) is 16.7 Å². The van der Waals surface area contributed by atoms with Crippen molar-refractivity contribution in [2.24, 2.45) is 22.9 Å². The number of carboxylic acids is 1. The minimum Gasteiger partial charge on any atom is -0.490 e. The number of anilines is 1. The van der Waals surface area contributed by atoms with Crippen molar-refractivity contribution < 1.29 is 27.8 Å². The topological polar surface area (TPSA) is 119 Å². The van der Waals surface area contributed by atoms with Crippen LogP contribution >= 0.6 is 11.6 Å². The summed E-state index contributed by atoms with van der Waals surface area (Å²) in [5, 5.41) is 15.3. The lowest BCUT2D eigenvalue weighted by molar-refractivity contribution is 0.000417. The molecule has 1 aliphatic heterocycles. The van der Waals surface area contributed by atoms with Crippen LogP contribution in [0.1, 0.15) is 66.9 Å². The molecule has 43 heavy (non-hydrogen) atoms. The molecule has 1 saturated carbocycles. The van der Waals surface area contributed by atoms with Gasteiger partial charge in [0.15, 0.2) is 0 Å². The Morgan fingerprint density at radius 1 is 1.26 bits per heavy atom. The number of aryl methyl sites for hydroxylation is 1. The molecule has 0 bridgehead atoms. The Morgan fingerprint density at radius 2 is 2.05 bits per heavy atom. The van der Waals surface area contributed by atoms with Gasteiger partial charge in [-0.25, -0.2) is 18.4 Å². The third-order valence-corrected chi connectivity index (χ3v) is 11.9. The molecule has 6 rings (SSSR count). The second kappa shape index (κ2) is 11.7. The van der Waals surface area contributed by atoms with Gasteiger partial charge in [-0.15, -0.1) is 0 Å². The highest BCUT2D eigenvalue weighted by molar-refractivity contribution is 7.89. The van der Waals surface area contributed by atoms with Crippen molar-refractivity contribution in [2.75, 3.05) is 31.7 Å². The van der Waals surface area contributed by atoms with Crippen molar-refractivity contribution in [1.29, 1.82) is 0 Å². The number of benzene rings is 2. The largest absolute Gasteiger partial charge is 0.490 e. The number of carbonyl (C=O) groups is 1. The van der Waals surface area contributed by atoms with Crippen molar-refractivity contribution in [3.05, 3.63) is 69.8 Å². The van der Waals surface area contributed by atoms with Gasteiger partial charge >= 0.3 is 5.97 Å². The second-order valence-corrected chi connectivity index (χ2v) is 15.5. The fourth-order valence-corrected chi connectivity index (χ4v) is 8.56. The number of halogens is 1. The van der Waals surface area contributed by atoms with Gasteiger partial charge in [-0.05, 0) is 117 Å². The van der Waals surface area contributed by atoms with Crippen LogP contribution in [0.2, 0.25) is 5.02 Å². The summed E-state index contributed by atoms with van der Waals surface area (Å²) in [7, 11) is -1.78. The predicted octanol–water partition coefficient (Wildman–Crippen LogP) is 5.57. The summed E-state index contributed by atoms with van der Waals surface area (Å²) in [6, 6.07) is 11.4. The number of sulfonamides is 1. The number of carboxylic acid groups (broad SMARTS) is 1. The van der Waals surface area contributed by atoms with Crippen LogP contribution in [0.4, 0.5) is 5.69 Å². The van der Waals surface area contributed by atoms with Crippen molar-refractivity contribution in [2.45, 2.75) is 68.6 Å². The molecule has 0 aromatic heterocycles. The smallest absolute Gasteiger partial charge is 0.335 e. The van der Waals surface area contributed by atoms with Crippen LogP contribution in [0.3, 0.4) is 0 Å². The van der Waals surface area contributed by atoms with Crippen LogP contribution in [-0.4, -0.2) is 57.7 Å². The van der Waals surface area contributed by atoms with Gasteiger partial charge in [-0.3, -0.25) is 0 Å². The molecular formula is C33H41ClN2O6S. The average molecular weight is 629 g/mol. The number of nitrogens with zero attached hydrogens (tertiary/aromatic N) is 1. The maximum atomic E-state index is 12.0. The summed E-state index contributed by atoms with van der Waals surface area (Å²) in [5.41, 5.74) is 4.63. The van der Waals surface area contributed by atoms with Gasteiger partial charge in [-0.2, -0.15) is 0 Å². The number of fused-ring (bicyclic) bond motifs is 3. The van der Waals surface area contributed by atoms with Crippen LogP contribution in [-0.2, 0) is 26.6 Å². The van der Waals surface area contributed by atoms with Crippen LogP contribution in [0, 0.1) is 17.8 Å². The quantitative estimate of drug-likeness (QED) is 0.349. The first kappa shape index (κ1) is 30.4. The van der Waals surface area contributed by atoms with E-state index in [1.54, 1.807) is 32.2 Å². The molecule has 0 unspecified atom stereocenters. The maximum Gasteiger partial charge on any atom is 0.335 e. The summed E-state index contributed by atoms with van der Waals surface area (Å²) in [6.45, 7) is 3.70. The zero-order valence-electron chi connectivity index (χ0n) is 24.8. The van der Waals surface area contributed by atoms with E-state index in [1.807, 2.05) is 6.07 Å². The first-order valence-electron chi connectivity index (χ1n) is 15.3. The molecule has 2 aromatic carbocycles. The minimum atomic E-state index is -3.54. The highest BCUT2D eigenvalue weighted by atomic mass is 35.5. The molecule has 6 atom stereocenters. The van der Waals surface area contributed by atoms with E-state index in [0.717, 1.165) is 68.1 Å². The van der Waals surface area contributed by atoms with E-state index >= 15 is 0 Å². The third kappa shape index (κ3) is 5.93. The molecule has 10 heteroatoms. The standard InChI is InChI=1S/C33H41ClN2O6S/c1-20(43(35,39)40)12-21-13-25(14-21)31(41-2)27-8-5-24(27)17-36-18-33(11-3-4-22-15-26(34)7-9-28(22)33)19-42-30-10-6-23(32(37)38)16-29(30)36/h6-7,9-10,13,15-16,20-21,24,27,31H,3-5,8,11-12,14,17-19H2,1-2H3,(H,37,38)(H2,35,39,40)/t20-,21-,24-,27+,31+,33-/m0/s1. The highest BCUT2D eigenvalue weighted by Gasteiger charge is 2.46. The van der Waals surface area contributed by atoms with Gasteiger partial charge < -0.3 is 19.5 Å². The van der Waals surface area contributed by atoms with Crippen molar-refractivity contribution in [3.63, 3.8) is 0 Å². The van der Waals surface area contributed by atoms with E-state index in [-0.39, 0.29) is 23.0 Å². The molecule has 3 aliphatic carbocycles. The third-order valence-electron chi connectivity index (χ3n) is 10.4. The highest BCUT2D eigenvalue weighted by Crippen LogP contribution is 2.48. The lowest BCUT2D eigenvalue weighted by Gasteiger charge is -2.48. The first-order valence-corrected chi connectivity index (χ1v) is 17.2. The Bertz CT molecular complexity index is 1540. The molecular weight excluding hydrogens is 588 g/mol. The molecule has 232 valence electrons. The summed E-state index contributed by atoms with van der Waals surface area (Å²) < 4.78 is 36.0. The van der Waals surface area contributed by atoms with Gasteiger partial charge in [0.1, 0.15) is 5.75 Å². The summed E-state index contributed by atoms with van der Waals surface area (Å²) in [4.78, 5) is 14.3. The first-order chi connectivity index (χ1) is 20.5. The number of allylic oxidation sites excluding steroid dienone is 1. The lowest BCUT2D eigenvalue weighted by Crippen LogP contribution is -2.50. The van der Waals surface area contributed by atoms with Gasteiger partial charge in [0.25, 0.3) is 0 Å². The molecule has 3 N–H and O–H groups in total. The fourth-order valence-electron chi connectivity index (χ4n) is 7.85. The number of ether oxygens (including phenoxy) is 2. The average Bonchev–Trinajstić information content (AvgIpc) is 3.07. The lowest BCUT2D eigenvalue weighted by atomic mass is 9.65. The van der Waals surface area contributed by atoms with Crippen LogP contribution < -0.4 is 14.8 Å². The Hall–Kier alpha value is -2.59. The molecule has 1 heterocycles. The zero-order valence-corrected chi connectivity index (χ0v) is 26.4. The minimum absolute atomic E-state index is 0.0145. The van der Waals surface area contributed by atoms with Gasteiger partial charge in [-0.1, -0.05) is 23.7 Å².